The Kier molecular flexibility index (Phi) is 4.21. The molecule has 0 heterocycles. The van der Waals surface area contributed by atoms with Crippen LogP contribution in [0.15, 0.2) is 18.2 Å². The second-order valence-corrected chi connectivity index (χ2v) is 4.00. The highest BCUT2D eigenvalue weighted by Gasteiger charge is 2.35. The summed E-state index contributed by atoms with van der Waals surface area (Å²) in [5.74, 6) is 0. The molecule has 0 aliphatic carbocycles. The van der Waals surface area contributed by atoms with Gasteiger partial charge in [0.25, 0.3) is 0 Å². The van der Waals surface area contributed by atoms with Crippen LogP contribution in [0, 0.1) is 0 Å². The molecule has 0 radical (unpaired) electrons. The normalized spacial score (nSPS) is 13.9. The van der Waals surface area contributed by atoms with Crippen LogP contribution < -0.4 is 5.73 Å². The zero-order valence-electron chi connectivity index (χ0n) is 8.81. The third-order valence-electron chi connectivity index (χ3n) is 2.33. The summed E-state index contributed by atoms with van der Waals surface area (Å²) >= 11 is 5.79. The second-order valence-electron chi connectivity index (χ2n) is 3.59. The first kappa shape index (κ1) is 13.3. The molecule has 5 heteroatoms. The summed E-state index contributed by atoms with van der Waals surface area (Å²) in [5.41, 5.74) is 4.98. The zero-order valence-corrected chi connectivity index (χ0v) is 9.57. The molecule has 0 aromatic heterocycles. The Labute approximate surface area is 97.4 Å². The van der Waals surface area contributed by atoms with Crippen molar-refractivity contribution in [3.63, 3.8) is 0 Å². The van der Waals surface area contributed by atoms with Crippen molar-refractivity contribution in [3.05, 3.63) is 34.3 Å². The van der Waals surface area contributed by atoms with E-state index in [-0.39, 0.29) is 10.6 Å². The number of rotatable bonds is 3. The first-order valence-electron chi connectivity index (χ1n) is 4.99. The van der Waals surface area contributed by atoms with Crippen molar-refractivity contribution in [1.82, 2.24) is 0 Å². The van der Waals surface area contributed by atoms with Gasteiger partial charge in [-0.1, -0.05) is 31.0 Å². The van der Waals surface area contributed by atoms with Gasteiger partial charge >= 0.3 is 6.18 Å². The van der Waals surface area contributed by atoms with Gasteiger partial charge < -0.3 is 5.73 Å². The number of hydrogen-bond donors (Lipinski definition) is 1. The Morgan fingerprint density at radius 2 is 2.00 bits per heavy atom. The molecule has 0 fully saturated rings. The SMILES string of the molecule is CCC[C@H](N)c1c(Cl)cccc1C(F)(F)F. The molecule has 0 saturated heterocycles. The molecule has 0 amide bonds. The maximum absolute atomic E-state index is 12.7. The number of nitrogens with two attached hydrogens (primary N) is 1. The number of benzene rings is 1. The van der Waals surface area contributed by atoms with Gasteiger partial charge in [-0.15, -0.1) is 0 Å². The Morgan fingerprint density at radius 1 is 1.38 bits per heavy atom. The van der Waals surface area contributed by atoms with Crippen molar-refractivity contribution in [2.24, 2.45) is 5.73 Å². The standard InChI is InChI=1S/C11H13ClF3N/c1-2-4-9(16)10-7(11(13,14)15)5-3-6-8(10)12/h3,5-6,9H,2,4,16H2,1H3/t9-/m0/s1. The number of halogens is 4. The van der Waals surface area contributed by atoms with E-state index >= 15 is 0 Å². The van der Waals surface area contributed by atoms with Crippen LogP contribution in [0.1, 0.15) is 36.9 Å². The average Bonchev–Trinajstić information content (AvgIpc) is 2.16. The van der Waals surface area contributed by atoms with E-state index < -0.39 is 17.8 Å². The molecular formula is C11H13ClF3N. The van der Waals surface area contributed by atoms with E-state index in [1.54, 1.807) is 0 Å². The van der Waals surface area contributed by atoms with Crippen LogP contribution in [-0.2, 0) is 6.18 Å². The van der Waals surface area contributed by atoms with Crippen molar-refractivity contribution < 1.29 is 13.2 Å². The molecule has 0 spiro atoms. The smallest absolute Gasteiger partial charge is 0.324 e. The highest BCUT2D eigenvalue weighted by atomic mass is 35.5. The summed E-state index contributed by atoms with van der Waals surface area (Å²) < 4.78 is 38.1. The molecule has 1 rings (SSSR count). The molecule has 0 unspecified atom stereocenters. The van der Waals surface area contributed by atoms with Gasteiger partial charge in [0.05, 0.1) is 5.56 Å². The summed E-state index contributed by atoms with van der Waals surface area (Å²) in [6, 6.07) is 3.06. The largest absolute Gasteiger partial charge is 0.416 e. The van der Waals surface area contributed by atoms with Crippen LogP contribution in [0.25, 0.3) is 0 Å². The zero-order chi connectivity index (χ0) is 12.3. The van der Waals surface area contributed by atoms with Crippen LogP contribution in [0.5, 0.6) is 0 Å². The van der Waals surface area contributed by atoms with Crippen molar-refractivity contribution in [1.29, 1.82) is 0 Å². The molecule has 1 aromatic rings. The van der Waals surface area contributed by atoms with E-state index in [9.17, 15) is 13.2 Å². The van der Waals surface area contributed by atoms with E-state index in [0.29, 0.717) is 12.8 Å². The highest BCUT2D eigenvalue weighted by Crippen LogP contribution is 2.38. The summed E-state index contributed by atoms with van der Waals surface area (Å²) in [6.07, 6.45) is -3.22. The lowest BCUT2D eigenvalue weighted by Gasteiger charge is -2.19. The fourth-order valence-corrected chi connectivity index (χ4v) is 1.93. The van der Waals surface area contributed by atoms with Crippen LogP contribution in [0.3, 0.4) is 0 Å². The molecule has 0 saturated carbocycles. The van der Waals surface area contributed by atoms with Crippen LogP contribution in [0.2, 0.25) is 5.02 Å². The third-order valence-corrected chi connectivity index (χ3v) is 2.66. The average molecular weight is 252 g/mol. The minimum Gasteiger partial charge on any atom is -0.324 e. The lowest BCUT2D eigenvalue weighted by molar-refractivity contribution is -0.138. The minimum absolute atomic E-state index is 0.00137. The molecule has 0 aliphatic heterocycles. The monoisotopic (exact) mass is 251 g/mol. The maximum atomic E-state index is 12.7. The Bertz CT molecular complexity index is 363. The quantitative estimate of drug-likeness (QED) is 0.858. The van der Waals surface area contributed by atoms with Crippen LogP contribution in [-0.4, -0.2) is 0 Å². The summed E-state index contributed by atoms with van der Waals surface area (Å²) in [4.78, 5) is 0. The van der Waals surface area contributed by atoms with E-state index in [4.69, 9.17) is 17.3 Å². The van der Waals surface area contributed by atoms with Crippen molar-refractivity contribution in [3.8, 4) is 0 Å². The Morgan fingerprint density at radius 3 is 2.50 bits per heavy atom. The van der Waals surface area contributed by atoms with E-state index in [2.05, 4.69) is 0 Å². The van der Waals surface area contributed by atoms with Crippen molar-refractivity contribution >= 4 is 11.6 Å². The fourth-order valence-electron chi connectivity index (χ4n) is 1.62. The lowest BCUT2D eigenvalue weighted by Crippen LogP contribution is -2.17. The number of alkyl halides is 3. The van der Waals surface area contributed by atoms with Crippen molar-refractivity contribution in [2.75, 3.05) is 0 Å². The van der Waals surface area contributed by atoms with E-state index in [1.807, 2.05) is 6.92 Å². The third kappa shape index (κ3) is 2.89. The van der Waals surface area contributed by atoms with Crippen molar-refractivity contribution in [2.45, 2.75) is 32.0 Å². The predicted octanol–water partition coefficient (Wildman–Crippen LogP) is 4.16. The molecule has 0 aliphatic rings. The summed E-state index contributed by atoms with van der Waals surface area (Å²) in [6.45, 7) is 1.87. The second kappa shape index (κ2) is 5.06. The van der Waals surface area contributed by atoms with Crippen LogP contribution >= 0.6 is 11.6 Å². The molecule has 1 aromatic carbocycles. The Balaban J connectivity index is 3.24. The maximum Gasteiger partial charge on any atom is 0.416 e. The Hall–Kier alpha value is -0.740. The molecule has 1 nitrogen and oxygen atoms in total. The van der Waals surface area contributed by atoms with Crippen LogP contribution in [0.4, 0.5) is 13.2 Å². The molecule has 90 valence electrons. The highest BCUT2D eigenvalue weighted by molar-refractivity contribution is 6.31. The first-order chi connectivity index (χ1) is 7.38. The van der Waals surface area contributed by atoms with Gasteiger partial charge in [-0.3, -0.25) is 0 Å². The van der Waals surface area contributed by atoms with Gasteiger partial charge in [0.2, 0.25) is 0 Å². The van der Waals surface area contributed by atoms with Gasteiger partial charge in [-0.2, -0.15) is 13.2 Å². The van der Waals surface area contributed by atoms with Gasteiger partial charge in [0.1, 0.15) is 0 Å². The molecule has 0 bridgehead atoms. The topological polar surface area (TPSA) is 26.0 Å². The summed E-state index contributed by atoms with van der Waals surface area (Å²) in [5, 5.41) is 0.0794. The molecule has 16 heavy (non-hydrogen) atoms. The fraction of sp³-hybridized carbons (Fsp3) is 0.455. The minimum atomic E-state index is -4.41. The predicted molar refractivity (Wildman–Crippen MR) is 58.3 cm³/mol. The van der Waals surface area contributed by atoms with E-state index in [0.717, 1.165) is 6.07 Å². The number of hydrogen-bond acceptors (Lipinski definition) is 1. The lowest BCUT2D eigenvalue weighted by atomic mass is 9.97. The molecule has 1 atom stereocenters. The summed E-state index contributed by atoms with van der Waals surface area (Å²) in [7, 11) is 0. The van der Waals surface area contributed by atoms with Gasteiger partial charge in [0, 0.05) is 11.1 Å². The van der Waals surface area contributed by atoms with E-state index in [1.165, 1.54) is 12.1 Å². The molecule has 2 N–H and O–H groups in total. The molecular weight excluding hydrogens is 239 g/mol. The van der Waals surface area contributed by atoms with Gasteiger partial charge in [0.15, 0.2) is 0 Å². The first-order valence-corrected chi connectivity index (χ1v) is 5.37. The van der Waals surface area contributed by atoms with Gasteiger partial charge in [-0.05, 0) is 24.1 Å². The van der Waals surface area contributed by atoms with Gasteiger partial charge in [-0.25, -0.2) is 0 Å².